The Balaban J connectivity index is 2.33. The highest BCUT2D eigenvalue weighted by Gasteiger charge is 2.14. The molecule has 0 aliphatic rings. The van der Waals surface area contributed by atoms with Gasteiger partial charge in [-0.3, -0.25) is 0 Å². The van der Waals surface area contributed by atoms with Crippen molar-refractivity contribution in [3.63, 3.8) is 0 Å². The van der Waals surface area contributed by atoms with Gasteiger partial charge in [-0.2, -0.15) is 0 Å². The van der Waals surface area contributed by atoms with E-state index in [2.05, 4.69) is 0 Å². The summed E-state index contributed by atoms with van der Waals surface area (Å²) < 4.78 is 25.1. The number of hydrogen-bond donors (Lipinski definition) is 0. The Morgan fingerprint density at radius 1 is 1.17 bits per heavy atom. The van der Waals surface area contributed by atoms with Gasteiger partial charge in [0.1, 0.15) is 6.26 Å². The van der Waals surface area contributed by atoms with E-state index in [1.807, 2.05) is 37.3 Å². The standard InChI is InChI=1S/C15H15FOS/c1-11-8-15(18(2)17)14(16)10-13(11)9-12-6-4-3-5-7-12/h3-8,10H,9H2,1-2H3. The molecule has 1 nitrogen and oxygen atoms in total. The zero-order chi connectivity index (χ0) is 13.1. The lowest BCUT2D eigenvalue weighted by atomic mass is 10.0. The summed E-state index contributed by atoms with van der Waals surface area (Å²) >= 11 is -1.28. The Kier molecular flexibility index (Phi) is 4.04. The summed E-state index contributed by atoms with van der Waals surface area (Å²) in [4.78, 5) is 0.282. The smallest absolute Gasteiger partial charge is 0.188 e. The lowest BCUT2D eigenvalue weighted by Crippen LogP contribution is -2.04. The van der Waals surface area contributed by atoms with Crippen LogP contribution in [0.15, 0.2) is 47.4 Å². The first-order chi connectivity index (χ1) is 8.58. The van der Waals surface area contributed by atoms with Gasteiger partial charge in [0.15, 0.2) is 10.7 Å². The lowest BCUT2D eigenvalue weighted by molar-refractivity contribution is 0.568. The first kappa shape index (κ1) is 13.1. The van der Waals surface area contributed by atoms with Gasteiger partial charge in [0.25, 0.3) is 0 Å². The van der Waals surface area contributed by atoms with Crippen LogP contribution in [0.5, 0.6) is 0 Å². The molecule has 0 spiro atoms. The van der Waals surface area contributed by atoms with Gasteiger partial charge in [-0.1, -0.05) is 30.3 Å². The highest BCUT2D eigenvalue weighted by atomic mass is 32.2. The Bertz CT molecular complexity index is 538. The van der Waals surface area contributed by atoms with E-state index in [1.54, 1.807) is 6.07 Å². The number of benzene rings is 2. The zero-order valence-electron chi connectivity index (χ0n) is 10.4. The van der Waals surface area contributed by atoms with Crippen LogP contribution >= 0.6 is 0 Å². The molecule has 3 heteroatoms. The summed E-state index contributed by atoms with van der Waals surface area (Å²) in [6.07, 6.45) is 2.19. The molecule has 2 rings (SSSR count). The molecule has 1 atom stereocenters. The van der Waals surface area contributed by atoms with Crippen LogP contribution in [0.1, 0.15) is 16.7 Å². The van der Waals surface area contributed by atoms with E-state index in [9.17, 15) is 8.94 Å². The Morgan fingerprint density at radius 3 is 2.44 bits per heavy atom. The molecule has 0 heterocycles. The second-order valence-corrected chi connectivity index (χ2v) is 5.67. The molecule has 0 aliphatic heterocycles. The molecule has 1 unspecified atom stereocenters. The first-order valence-corrected chi connectivity index (χ1v) is 7.30. The molecule has 0 aliphatic carbocycles. The van der Waals surface area contributed by atoms with Crippen molar-refractivity contribution in [2.24, 2.45) is 0 Å². The minimum Gasteiger partial charge on any atom is -0.612 e. The number of rotatable bonds is 3. The third-order valence-corrected chi connectivity index (χ3v) is 3.87. The molecule has 2 aromatic rings. The van der Waals surface area contributed by atoms with Crippen LogP contribution in [-0.4, -0.2) is 10.8 Å². The van der Waals surface area contributed by atoms with Crippen molar-refractivity contribution in [1.29, 1.82) is 0 Å². The average Bonchev–Trinajstić information content (AvgIpc) is 2.34. The maximum Gasteiger partial charge on any atom is 0.188 e. The molecule has 0 amide bonds. The van der Waals surface area contributed by atoms with Crippen LogP contribution in [0.3, 0.4) is 0 Å². The third kappa shape index (κ3) is 2.92. The summed E-state index contributed by atoms with van der Waals surface area (Å²) in [5.41, 5.74) is 3.06. The van der Waals surface area contributed by atoms with Gasteiger partial charge in [-0.15, -0.1) is 0 Å². The molecule has 0 bridgehead atoms. The van der Waals surface area contributed by atoms with Gasteiger partial charge >= 0.3 is 0 Å². The van der Waals surface area contributed by atoms with Crippen LogP contribution in [-0.2, 0) is 17.6 Å². The molecule has 0 N–H and O–H groups in total. The van der Waals surface area contributed by atoms with E-state index in [0.717, 1.165) is 16.7 Å². The highest BCUT2D eigenvalue weighted by molar-refractivity contribution is 7.90. The minimum atomic E-state index is -1.28. The molecule has 0 saturated heterocycles. The van der Waals surface area contributed by atoms with Crippen molar-refractivity contribution < 1.29 is 8.94 Å². The topological polar surface area (TPSA) is 23.1 Å². The van der Waals surface area contributed by atoms with Crippen molar-refractivity contribution in [1.82, 2.24) is 0 Å². The normalized spacial score (nSPS) is 12.4. The van der Waals surface area contributed by atoms with Gasteiger partial charge in [0, 0.05) is 0 Å². The lowest BCUT2D eigenvalue weighted by Gasteiger charge is -2.10. The summed E-state index contributed by atoms with van der Waals surface area (Å²) in [5, 5.41) is 0. The third-order valence-electron chi connectivity index (χ3n) is 2.94. The number of halogens is 1. The van der Waals surface area contributed by atoms with Gasteiger partial charge < -0.3 is 4.55 Å². The van der Waals surface area contributed by atoms with Crippen molar-refractivity contribution in [3.8, 4) is 0 Å². The van der Waals surface area contributed by atoms with Crippen molar-refractivity contribution in [3.05, 3.63) is 65.0 Å². The zero-order valence-corrected chi connectivity index (χ0v) is 11.3. The highest BCUT2D eigenvalue weighted by Crippen LogP contribution is 2.22. The first-order valence-electron chi connectivity index (χ1n) is 5.74. The average molecular weight is 262 g/mol. The van der Waals surface area contributed by atoms with Crippen LogP contribution in [0.4, 0.5) is 4.39 Å². The van der Waals surface area contributed by atoms with E-state index >= 15 is 0 Å². The molecule has 0 aromatic heterocycles. The molecule has 0 fully saturated rings. The maximum absolute atomic E-state index is 13.8. The second-order valence-electron chi connectivity index (χ2n) is 4.33. The van der Waals surface area contributed by atoms with Crippen LogP contribution in [0.25, 0.3) is 0 Å². The van der Waals surface area contributed by atoms with E-state index < -0.39 is 11.2 Å². The fourth-order valence-corrected chi connectivity index (χ4v) is 2.60. The Morgan fingerprint density at radius 2 is 1.83 bits per heavy atom. The largest absolute Gasteiger partial charge is 0.612 e. The van der Waals surface area contributed by atoms with Crippen molar-refractivity contribution in [2.75, 3.05) is 6.26 Å². The maximum atomic E-state index is 13.8. The van der Waals surface area contributed by atoms with E-state index in [4.69, 9.17) is 0 Å². The molecule has 0 saturated carbocycles. The van der Waals surface area contributed by atoms with Crippen molar-refractivity contribution >= 4 is 11.2 Å². The van der Waals surface area contributed by atoms with Crippen LogP contribution in [0.2, 0.25) is 0 Å². The predicted molar refractivity (Wildman–Crippen MR) is 72.7 cm³/mol. The monoisotopic (exact) mass is 262 g/mol. The molecule has 0 radical (unpaired) electrons. The van der Waals surface area contributed by atoms with Crippen LogP contribution < -0.4 is 0 Å². The summed E-state index contributed by atoms with van der Waals surface area (Å²) in [7, 11) is 0. The minimum absolute atomic E-state index is 0.282. The van der Waals surface area contributed by atoms with Gasteiger partial charge in [0.2, 0.25) is 0 Å². The molecular weight excluding hydrogens is 247 g/mol. The number of hydrogen-bond acceptors (Lipinski definition) is 1. The summed E-state index contributed by atoms with van der Waals surface area (Å²) in [5.74, 6) is -0.382. The Hall–Kier alpha value is -1.32. The fraction of sp³-hybridized carbons (Fsp3) is 0.200. The molecular formula is C15H15FOS. The number of aryl methyl sites for hydroxylation is 1. The van der Waals surface area contributed by atoms with Gasteiger partial charge in [-0.25, -0.2) is 4.39 Å². The molecule has 94 valence electrons. The van der Waals surface area contributed by atoms with E-state index in [1.165, 1.54) is 12.3 Å². The fourth-order valence-electron chi connectivity index (χ4n) is 1.92. The Labute approximate surface area is 110 Å². The van der Waals surface area contributed by atoms with Crippen LogP contribution in [0, 0.1) is 12.7 Å². The molecule has 2 aromatic carbocycles. The second kappa shape index (κ2) is 5.55. The predicted octanol–water partition coefficient (Wildman–Crippen LogP) is 3.46. The summed E-state index contributed by atoms with van der Waals surface area (Å²) in [6.45, 7) is 1.92. The van der Waals surface area contributed by atoms with Gasteiger partial charge in [0.05, 0.1) is 0 Å². The van der Waals surface area contributed by atoms with E-state index in [-0.39, 0.29) is 10.7 Å². The molecule has 18 heavy (non-hydrogen) atoms. The van der Waals surface area contributed by atoms with E-state index in [0.29, 0.717) is 6.42 Å². The van der Waals surface area contributed by atoms with Crippen molar-refractivity contribution in [2.45, 2.75) is 18.2 Å². The van der Waals surface area contributed by atoms with Gasteiger partial charge in [-0.05, 0) is 53.3 Å². The SMILES string of the molecule is Cc1cc([S+](C)[O-])c(F)cc1Cc1ccccc1. The quantitative estimate of drug-likeness (QED) is 0.777. The summed E-state index contributed by atoms with van der Waals surface area (Å²) in [6, 6.07) is 13.1.